The van der Waals surface area contributed by atoms with Crippen molar-refractivity contribution >= 4 is 15.7 Å². The van der Waals surface area contributed by atoms with Gasteiger partial charge in [0.25, 0.3) is 0 Å². The number of nitrogens with zero attached hydrogens (tertiary/aromatic N) is 4. The Kier molecular flexibility index (Phi) is 6.24. The highest BCUT2D eigenvalue weighted by atomic mass is 32.2. The molecular formula is C25H24F4N4O2S. The third-order valence-corrected chi connectivity index (χ3v) is 8.26. The molecule has 2 atom stereocenters. The highest BCUT2D eigenvalue weighted by molar-refractivity contribution is 7.90. The number of benzene rings is 1. The summed E-state index contributed by atoms with van der Waals surface area (Å²) in [7, 11) is -4.02. The number of alkyl halides is 3. The molecular weight excluding hydrogens is 496 g/mol. The van der Waals surface area contributed by atoms with E-state index in [1.54, 1.807) is 19.1 Å². The fraction of sp³-hybridized carbons (Fsp3) is 0.360. The van der Waals surface area contributed by atoms with Crippen LogP contribution in [0.25, 0.3) is 11.3 Å². The Hall–Kier alpha value is -3.05. The number of halogens is 4. The first-order valence-corrected chi connectivity index (χ1v) is 13.2. The number of aromatic nitrogens is 2. The van der Waals surface area contributed by atoms with Crippen LogP contribution in [0.1, 0.15) is 23.2 Å². The Labute approximate surface area is 206 Å². The summed E-state index contributed by atoms with van der Waals surface area (Å²) in [5.41, 5.74) is -1.31. The monoisotopic (exact) mass is 520 g/mol. The quantitative estimate of drug-likeness (QED) is 0.463. The van der Waals surface area contributed by atoms with Crippen molar-refractivity contribution in [1.29, 1.82) is 0 Å². The smallest absolute Gasteiger partial charge is 0.351 e. The van der Waals surface area contributed by atoms with Gasteiger partial charge >= 0.3 is 6.18 Å². The van der Waals surface area contributed by atoms with Crippen molar-refractivity contribution in [2.24, 2.45) is 0 Å². The second-order valence-electron chi connectivity index (χ2n) is 9.19. The predicted octanol–water partition coefficient (Wildman–Crippen LogP) is 4.48. The minimum Gasteiger partial charge on any atom is -0.351 e. The Balaban J connectivity index is 1.48. The van der Waals surface area contributed by atoms with Gasteiger partial charge in [0.2, 0.25) is 9.84 Å². The number of fused-ring (bicyclic) bond motifs is 2. The van der Waals surface area contributed by atoms with Crippen molar-refractivity contribution in [2.45, 2.75) is 36.3 Å². The zero-order chi connectivity index (χ0) is 25.7. The van der Waals surface area contributed by atoms with Gasteiger partial charge in [0, 0.05) is 37.8 Å². The van der Waals surface area contributed by atoms with E-state index < -0.39 is 38.8 Å². The van der Waals surface area contributed by atoms with Crippen molar-refractivity contribution in [3.05, 3.63) is 71.2 Å². The molecule has 2 fully saturated rings. The Bertz CT molecular complexity index is 1410. The van der Waals surface area contributed by atoms with Crippen LogP contribution in [0.4, 0.5) is 23.4 Å². The van der Waals surface area contributed by atoms with E-state index in [0.717, 1.165) is 56.9 Å². The third-order valence-electron chi connectivity index (χ3n) is 6.72. The molecule has 6 nitrogen and oxygen atoms in total. The highest BCUT2D eigenvalue weighted by Gasteiger charge is 2.36. The van der Waals surface area contributed by atoms with Gasteiger partial charge in [0.05, 0.1) is 22.7 Å². The zero-order valence-electron chi connectivity index (χ0n) is 19.5. The van der Waals surface area contributed by atoms with Crippen LogP contribution in [0.15, 0.2) is 53.6 Å². The van der Waals surface area contributed by atoms with Crippen LogP contribution in [0, 0.1) is 12.7 Å². The second-order valence-corrected chi connectivity index (χ2v) is 11.1. The van der Waals surface area contributed by atoms with Crippen molar-refractivity contribution in [3.8, 4) is 11.3 Å². The SMILES string of the molecule is Cc1ccc(F)cc1-c1nc(CS(=O)(=O)c2cccc(N3CC[N@]4CC[C@H]3C4)n2)ccc1C(F)(F)F. The Morgan fingerprint density at radius 3 is 2.61 bits per heavy atom. The van der Waals surface area contributed by atoms with Gasteiger partial charge < -0.3 is 4.90 Å². The minimum absolute atomic E-state index is 0.0441. The van der Waals surface area contributed by atoms with Gasteiger partial charge in [-0.25, -0.2) is 17.8 Å². The van der Waals surface area contributed by atoms with Crippen LogP contribution >= 0.6 is 0 Å². The summed E-state index contributed by atoms with van der Waals surface area (Å²) < 4.78 is 81.5. The molecule has 2 bridgehead atoms. The van der Waals surface area contributed by atoms with Crippen molar-refractivity contribution in [1.82, 2.24) is 14.9 Å². The topological polar surface area (TPSA) is 66.4 Å². The predicted molar refractivity (Wildman–Crippen MR) is 127 cm³/mol. The number of rotatable bonds is 5. The van der Waals surface area contributed by atoms with E-state index in [-0.39, 0.29) is 22.3 Å². The molecule has 2 aromatic heterocycles. The molecule has 1 aromatic carbocycles. The van der Waals surface area contributed by atoms with Gasteiger partial charge in [-0.15, -0.1) is 0 Å². The first kappa shape index (κ1) is 24.6. The maximum atomic E-state index is 13.9. The van der Waals surface area contributed by atoms with E-state index in [1.807, 2.05) is 0 Å². The molecule has 0 aliphatic carbocycles. The molecule has 3 aromatic rings. The third kappa shape index (κ3) is 4.81. The first-order chi connectivity index (χ1) is 17.0. The molecule has 0 saturated carbocycles. The van der Waals surface area contributed by atoms with Crippen LogP contribution < -0.4 is 4.90 Å². The number of hydrogen-bond acceptors (Lipinski definition) is 6. The molecule has 11 heteroatoms. The summed E-state index contributed by atoms with van der Waals surface area (Å²) >= 11 is 0. The average molecular weight is 521 g/mol. The summed E-state index contributed by atoms with van der Waals surface area (Å²) in [6.07, 6.45) is -3.77. The fourth-order valence-corrected chi connectivity index (χ4v) is 6.09. The summed E-state index contributed by atoms with van der Waals surface area (Å²) in [5, 5.41) is -0.161. The van der Waals surface area contributed by atoms with E-state index in [1.165, 1.54) is 12.1 Å². The van der Waals surface area contributed by atoms with E-state index in [9.17, 15) is 26.0 Å². The molecule has 2 saturated heterocycles. The number of piperazine rings is 1. The summed E-state index contributed by atoms with van der Waals surface area (Å²) in [6.45, 7) is 5.09. The molecule has 5 rings (SSSR count). The molecule has 0 amide bonds. The molecule has 4 heterocycles. The maximum absolute atomic E-state index is 13.9. The van der Waals surface area contributed by atoms with Gasteiger partial charge in [-0.05, 0) is 55.3 Å². The van der Waals surface area contributed by atoms with Gasteiger partial charge in [-0.3, -0.25) is 9.88 Å². The van der Waals surface area contributed by atoms with Gasteiger partial charge in [-0.1, -0.05) is 12.1 Å². The summed E-state index contributed by atoms with van der Waals surface area (Å²) in [6, 6.07) is 10.4. The largest absolute Gasteiger partial charge is 0.418 e. The van der Waals surface area contributed by atoms with Crippen LogP contribution in [0.5, 0.6) is 0 Å². The molecule has 2 aliphatic heterocycles. The molecule has 2 aliphatic rings. The lowest BCUT2D eigenvalue weighted by molar-refractivity contribution is -0.137. The van der Waals surface area contributed by atoms with E-state index in [0.29, 0.717) is 11.4 Å². The highest BCUT2D eigenvalue weighted by Crippen LogP contribution is 2.38. The number of sulfone groups is 1. The van der Waals surface area contributed by atoms with E-state index in [2.05, 4.69) is 19.8 Å². The Morgan fingerprint density at radius 2 is 1.83 bits per heavy atom. The number of anilines is 1. The number of aryl methyl sites for hydroxylation is 1. The molecule has 36 heavy (non-hydrogen) atoms. The second kappa shape index (κ2) is 9.11. The molecule has 0 unspecified atom stereocenters. The van der Waals surface area contributed by atoms with E-state index in [4.69, 9.17) is 0 Å². The van der Waals surface area contributed by atoms with Crippen molar-refractivity contribution in [2.75, 3.05) is 31.1 Å². The van der Waals surface area contributed by atoms with Crippen LogP contribution in [-0.4, -0.2) is 55.5 Å². The standard InChI is InChI=1S/C25H24F4N4O2S/c1-16-5-6-17(26)13-20(16)24-21(25(27,28)29)8-7-18(30-24)15-36(34,35)23-4-2-3-22(31-23)33-12-11-32-10-9-19(33)14-32/h2-8,13,19H,9-12,14-15H2,1H3/t19-/m0/s1. The van der Waals surface area contributed by atoms with Gasteiger partial charge in [-0.2, -0.15) is 13.2 Å². The van der Waals surface area contributed by atoms with Gasteiger partial charge in [0.15, 0.2) is 5.03 Å². The lowest BCUT2D eigenvalue weighted by Gasteiger charge is -2.35. The summed E-state index contributed by atoms with van der Waals surface area (Å²) in [5.74, 6) is -0.785. The molecule has 0 spiro atoms. The molecule has 0 N–H and O–H groups in total. The molecule has 190 valence electrons. The van der Waals surface area contributed by atoms with Crippen molar-refractivity contribution in [3.63, 3.8) is 0 Å². The average Bonchev–Trinajstić information content (AvgIpc) is 3.20. The lowest BCUT2D eigenvalue weighted by Crippen LogP contribution is -2.47. The summed E-state index contributed by atoms with van der Waals surface area (Å²) in [4.78, 5) is 12.9. The first-order valence-electron chi connectivity index (χ1n) is 11.5. The van der Waals surface area contributed by atoms with Crippen molar-refractivity contribution < 1.29 is 26.0 Å². The minimum atomic E-state index is -4.75. The zero-order valence-corrected chi connectivity index (χ0v) is 20.3. The maximum Gasteiger partial charge on any atom is 0.418 e. The van der Waals surface area contributed by atoms with E-state index >= 15 is 0 Å². The Morgan fingerprint density at radius 1 is 1.03 bits per heavy atom. The van der Waals surface area contributed by atoms with Crippen LogP contribution in [0.2, 0.25) is 0 Å². The van der Waals surface area contributed by atoms with Crippen LogP contribution in [-0.2, 0) is 21.8 Å². The number of hydrogen-bond donors (Lipinski definition) is 0. The van der Waals surface area contributed by atoms with Crippen LogP contribution in [0.3, 0.4) is 0 Å². The molecule has 0 radical (unpaired) electrons. The lowest BCUT2D eigenvalue weighted by atomic mass is 10.00. The normalized spacial score (nSPS) is 20.1. The van der Waals surface area contributed by atoms with Gasteiger partial charge in [0.1, 0.15) is 11.6 Å². The fourth-order valence-electron chi connectivity index (χ4n) is 4.87. The number of pyridine rings is 2.